The minimum Gasteiger partial charge on any atom is -0.459 e. The van der Waals surface area contributed by atoms with Crippen molar-refractivity contribution in [2.45, 2.75) is 53.0 Å². The Morgan fingerprint density at radius 1 is 1.33 bits per heavy atom. The number of hydrogen-bond acceptors (Lipinski definition) is 3. The van der Waals surface area contributed by atoms with E-state index in [1.165, 1.54) is 6.42 Å². The lowest BCUT2D eigenvalue weighted by molar-refractivity contribution is -0.155. The highest BCUT2D eigenvalue weighted by atomic mass is 16.5. The molecular formula is C14H25NO3. The molecule has 0 heterocycles. The van der Waals surface area contributed by atoms with Crippen LogP contribution in [0.4, 0.5) is 0 Å². The molecule has 1 rings (SSSR count). The Balaban J connectivity index is 2.60. The third kappa shape index (κ3) is 4.00. The fraction of sp³-hybridized carbons (Fsp3) is 0.857. The molecule has 0 radical (unpaired) electrons. The van der Waals surface area contributed by atoms with Crippen molar-refractivity contribution in [3.05, 3.63) is 0 Å². The van der Waals surface area contributed by atoms with E-state index in [9.17, 15) is 9.59 Å². The van der Waals surface area contributed by atoms with E-state index in [1.54, 1.807) is 6.92 Å². The van der Waals surface area contributed by atoms with E-state index in [0.29, 0.717) is 17.8 Å². The largest absolute Gasteiger partial charge is 0.459 e. The fourth-order valence-electron chi connectivity index (χ4n) is 2.79. The van der Waals surface area contributed by atoms with Crippen molar-refractivity contribution in [1.82, 2.24) is 5.32 Å². The summed E-state index contributed by atoms with van der Waals surface area (Å²) in [4.78, 5) is 23.0. The van der Waals surface area contributed by atoms with Crippen LogP contribution in [0, 0.1) is 17.8 Å². The van der Waals surface area contributed by atoms with Crippen LogP contribution in [0.2, 0.25) is 0 Å². The first-order valence-corrected chi connectivity index (χ1v) is 6.93. The van der Waals surface area contributed by atoms with Crippen molar-refractivity contribution in [2.75, 3.05) is 6.61 Å². The second-order valence-electron chi connectivity index (χ2n) is 5.63. The first-order chi connectivity index (χ1) is 8.45. The zero-order valence-electron chi connectivity index (χ0n) is 11.9. The van der Waals surface area contributed by atoms with Gasteiger partial charge in [0.25, 0.3) is 0 Å². The van der Waals surface area contributed by atoms with Gasteiger partial charge >= 0.3 is 11.9 Å². The maximum absolute atomic E-state index is 11.7. The minimum atomic E-state index is -0.766. The summed E-state index contributed by atoms with van der Waals surface area (Å²) < 4.78 is 4.72. The van der Waals surface area contributed by atoms with Gasteiger partial charge in [-0.2, -0.15) is 0 Å². The summed E-state index contributed by atoms with van der Waals surface area (Å²) in [5.74, 6) is 0.219. The molecule has 1 saturated carbocycles. The van der Waals surface area contributed by atoms with Crippen LogP contribution in [-0.2, 0) is 14.3 Å². The molecule has 1 amide bonds. The molecule has 0 bridgehead atoms. The summed E-state index contributed by atoms with van der Waals surface area (Å²) >= 11 is 0. The summed E-state index contributed by atoms with van der Waals surface area (Å²) in [6.45, 7) is 8.47. The summed E-state index contributed by atoms with van der Waals surface area (Å²) in [5, 5.41) is 2.85. The molecule has 1 N–H and O–H groups in total. The van der Waals surface area contributed by atoms with Gasteiger partial charge in [-0.15, -0.1) is 0 Å². The topological polar surface area (TPSA) is 55.4 Å². The second kappa shape index (κ2) is 6.76. The predicted molar refractivity (Wildman–Crippen MR) is 69.9 cm³/mol. The van der Waals surface area contributed by atoms with Crippen LogP contribution in [0.3, 0.4) is 0 Å². The Labute approximate surface area is 109 Å². The van der Waals surface area contributed by atoms with Gasteiger partial charge in [-0.1, -0.05) is 27.2 Å². The molecule has 0 aromatic heterocycles. The van der Waals surface area contributed by atoms with Crippen molar-refractivity contribution in [2.24, 2.45) is 17.8 Å². The number of rotatable bonds is 3. The summed E-state index contributed by atoms with van der Waals surface area (Å²) in [7, 11) is 0. The van der Waals surface area contributed by atoms with Gasteiger partial charge < -0.3 is 10.1 Å². The normalized spacial score (nSPS) is 27.9. The first kappa shape index (κ1) is 15.0. The van der Waals surface area contributed by atoms with Crippen LogP contribution in [0.5, 0.6) is 0 Å². The number of ether oxygens (including phenoxy) is 1. The molecule has 0 spiro atoms. The maximum atomic E-state index is 11.7. The Bertz CT molecular complexity index is 301. The van der Waals surface area contributed by atoms with Crippen LogP contribution < -0.4 is 5.32 Å². The average molecular weight is 255 g/mol. The fourth-order valence-corrected chi connectivity index (χ4v) is 2.79. The van der Waals surface area contributed by atoms with Crippen molar-refractivity contribution >= 4 is 11.9 Å². The van der Waals surface area contributed by atoms with Gasteiger partial charge in [-0.3, -0.25) is 4.79 Å². The maximum Gasteiger partial charge on any atom is 0.396 e. The quantitative estimate of drug-likeness (QED) is 0.621. The monoisotopic (exact) mass is 255 g/mol. The van der Waals surface area contributed by atoms with E-state index < -0.39 is 11.9 Å². The van der Waals surface area contributed by atoms with Gasteiger partial charge in [0.2, 0.25) is 0 Å². The summed E-state index contributed by atoms with van der Waals surface area (Å²) in [6, 6.07) is 0.102. The van der Waals surface area contributed by atoms with Gasteiger partial charge in [-0.25, -0.2) is 4.79 Å². The molecule has 1 fully saturated rings. The van der Waals surface area contributed by atoms with Gasteiger partial charge in [0, 0.05) is 6.04 Å². The molecule has 0 aliphatic heterocycles. The van der Waals surface area contributed by atoms with E-state index in [0.717, 1.165) is 12.8 Å². The highest BCUT2D eigenvalue weighted by Crippen LogP contribution is 2.33. The highest BCUT2D eigenvalue weighted by molar-refractivity contribution is 6.32. The van der Waals surface area contributed by atoms with Gasteiger partial charge in [-0.05, 0) is 37.5 Å². The number of carbonyl (C=O) groups excluding carboxylic acids is 2. The first-order valence-electron chi connectivity index (χ1n) is 6.93. The van der Waals surface area contributed by atoms with E-state index in [2.05, 4.69) is 26.1 Å². The van der Waals surface area contributed by atoms with Crippen LogP contribution in [0.25, 0.3) is 0 Å². The van der Waals surface area contributed by atoms with Gasteiger partial charge in [0.05, 0.1) is 6.61 Å². The van der Waals surface area contributed by atoms with Crippen molar-refractivity contribution in [1.29, 1.82) is 0 Å². The number of amides is 1. The van der Waals surface area contributed by atoms with Crippen LogP contribution in [-0.4, -0.2) is 24.5 Å². The predicted octanol–water partition coefficient (Wildman–Crippen LogP) is 2.13. The number of esters is 1. The lowest BCUT2D eigenvalue weighted by Gasteiger charge is -2.37. The SMILES string of the molecule is CCOC(=O)C(=O)NC1CC(C)CCC1C(C)C. The lowest BCUT2D eigenvalue weighted by atomic mass is 9.74. The molecule has 1 aliphatic carbocycles. The lowest BCUT2D eigenvalue weighted by Crippen LogP contribution is -2.48. The van der Waals surface area contributed by atoms with Crippen molar-refractivity contribution in [3.63, 3.8) is 0 Å². The second-order valence-corrected chi connectivity index (χ2v) is 5.63. The smallest absolute Gasteiger partial charge is 0.396 e. The highest BCUT2D eigenvalue weighted by Gasteiger charge is 2.33. The molecule has 0 aromatic carbocycles. The van der Waals surface area contributed by atoms with Crippen molar-refractivity contribution < 1.29 is 14.3 Å². The zero-order chi connectivity index (χ0) is 13.7. The van der Waals surface area contributed by atoms with Crippen LogP contribution in [0.1, 0.15) is 47.0 Å². The third-order valence-electron chi connectivity index (χ3n) is 3.80. The Kier molecular flexibility index (Phi) is 5.63. The molecule has 0 aromatic rings. The summed E-state index contributed by atoms with van der Waals surface area (Å²) in [6.07, 6.45) is 3.27. The van der Waals surface area contributed by atoms with Crippen LogP contribution >= 0.6 is 0 Å². The number of hydrogen-bond donors (Lipinski definition) is 1. The molecule has 0 saturated heterocycles. The zero-order valence-corrected chi connectivity index (χ0v) is 11.9. The Morgan fingerprint density at radius 2 is 2.00 bits per heavy atom. The Morgan fingerprint density at radius 3 is 2.56 bits per heavy atom. The molecule has 4 nitrogen and oxygen atoms in total. The molecule has 104 valence electrons. The van der Waals surface area contributed by atoms with Crippen molar-refractivity contribution in [3.8, 4) is 0 Å². The molecule has 3 atom stereocenters. The number of carbonyl (C=O) groups is 2. The van der Waals surface area contributed by atoms with E-state index >= 15 is 0 Å². The van der Waals surface area contributed by atoms with E-state index in [-0.39, 0.29) is 12.6 Å². The minimum absolute atomic E-state index is 0.102. The molecule has 4 heteroatoms. The number of nitrogens with one attached hydrogen (secondary N) is 1. The van der Waals surface area contributed by atoms with E-state index in [1.807, 2.05) is 0 Å². The van der Waals surface area contributed by atoms with E-state index in [4.69, 9.17) is 4.74 Å². The summed E-state index contributed by atoms with van der Waals surface area (Å²) in [5.41, 5.74) is 0. The standard InChI is InChI=1S/C14H25NO3/c1-5-18-14(17)13(16)15-12-8-10(4)6-7-11(12)9(2)3/h9-12H,5-8H2,1-4H3,(H,15,16). The third-order valence-corrected chi connectivity index (χ3v) is 3.80. The molecule has 18 heavy (non-hydrogen) atoms. The molecule has 1 aliphatic rings. The van der Waals surface area contributed by atoms with Crippen LogP contribution in [0.15, 0.2) is 0 Å². The Hall–Kier alpha value is -1.06. The average Bonchev–Trinajstić information content (AvgIpc) is 2.28. The molecular weight excluding hydrogens is 230 g/mol. The van der Waals surface area contributed by atoms with Gasteiger partial charge in [0.15, 0.2) is 0 Å². The molecule has 3 unspecified atom stereocenters. The van der Waals surface area contributed by atoms with Gasteiger partial charge in [0.1, 0.15) is 0 Å².